The molecule has 21 heavy (non-hydrogen) atoms. The summed E-state index contributed by atoms with van der Waals surface area (Å²) in [4.78, 5) is 0. The second-order valence-corrected chi connectivity index (χ2v) is 5.21. The summed E-state index contributed by atoms with van der Waals surface area (Å²) in [5, 5.41) is 3.78. The first-order valence-corrected chi connectivity index (χ1v) is 6.83. The van der Waals surface area contributed by atoms with Crippen LogP contribution in [0.2, 0.25) is 0 Å². The van der Waals surface area contributed by atoms with E-state index in [0.717, 1.165) is 0 Å². The van der Waals surface area contributed by atoms with Crippen molar-refractivity contribution < 1.29 is 13.3 Å². The minimum Gasteiger partial charge on any atom is -0.367 e. The summed E-state index contributed by atoms with van der Waals surface area (Å²) < 4.78 is 33.4. The van der Waals surface area contributed by atoms with Crippen molar-refractivity contribution in [3.05, 3.63) is 58.6 Å². The molecule has 106 valence electrons. The van der Waals surface area contributed by atoms with Crippen LogP contribution in [0.3, 0.4) is 0 Å². The molecular weight excluding hydrogens is 342 g/mol. The van der Waals surface area contributed by atoms with E-state index >= 15 is 0 Å². The molecule has 0 saturated carbocycles. The quantitative estimate of drug-likeness (QED) is 0.732. The Morgan fingerprint density at radius 1 is 1.00 bits per heavy atom. The SMILES string of the molecule is Nc1onc(-c2cccc(Br)c2F)c1-c1ccccc1F. The molecular formula is C15H9BrF2N2O. The molecule has 0 aliphatic carbocycles. The number of halogens is 3. The Hall–Kier alpha value is -2.21. The van der Waals surface area contributed by atoms with Crippen LogP contribution in [-0.2, 0) is 0 Å². The molecule has 0 saturated heterocycles. The molecule has 3 nitrogen and oxygen atoms in total. The number of aromatic nitrogens is 1. The van der Waals surface area contributed by atoms with Gasteiger partial charge >= 0.3 is 0 Å². The van der Waals surface area contributed by atoms with E-state index in [1.807, 2.05) is 0 Å². The van der Waals surface area contributed by atoms with E-state index in [1.165, 1.54) is 18.2 Å². The second-order valence-electron chi connectivity index (χ2n) is 4.35. The van der Waals surface area contributed by atoms with Crippen LogP contribution >= 0.6 is 15.9 Å². The average molecular weight is 351 g/mol. The van der Waals surface area contributed by atoms with Gasteiger partial charge in [-0.25, -0.2) is 8.78 Å². The Morgan fingerprint density at radius 3 is 2.48 bits per heavy atom. The third kappa shape index (κ3) is 2.31. The Labute approximate surface area is 127 Å². The smallest absolute Gasteiger partial charge is 0.230 e. The Bertz CT molecular complexity index is 817. The molecule has 0 aliphatic rings. The van der Waals surface area contributed by atoms with E-state index in [0.29, 0.717) is 0 Å². The van der Waals surface area contributed by atoms with E-state index in [-0.39, 0.29) is 32.7 Å². The van der Waals surface area contributed by atoms with E-state index in [2.05, 4.69) is 21.1 Å². The van der Waals surface area contributed by atoms with Crippen molar-refractivity contribution >= 4 is 21.8 Å². The number of hydrogen-bond acceptors (Lipinski definition) is 3. The Morgan fingerprint density at radius 2 is 1.71 bits per heavy atom. The second kappa shape index (κ2) is 5.29. The van der Waals surface area contributed by atoms with Gasteiger partial charge in [0, 0.05) is 11.1 Å². The maximum absolute atomic E-state index is 14.2. The van der Waals surface area contributed by atoms with Gasteiger partial charge in [-0.1, -0.05) is 29.4 Å². The molecule has 0 bridgehead atoms. The van der Waals surface area contributed by atoms with E-state index in [1.54, 1.807) is 24.3 Å². The number of nitrogen functional groups attached to an aromatic ring is 1. The molecule has 3 rings (SSSR count). The normalized spacial score (nSPS) is 10.8. The molecule has 6 heteroatoms. The molecule has 0 aliphatic heterocycles. The van der Waals surface area contributed by atoms with Gasteiger partial charge in [-0.05, 0) is 34.1 Å². The predicted molar refractivity (Wildman–Crippen MR) is 79.4 cm³/mol. The van der Waals surface area contributed by atoms with Crippen LogP contribution in [0.1, 0.15) is 0 Å². The molecule has 1 aromatic heterocycles. The Balaban J connectivity index is 2.28. The zero-order valence-electron chi connectivity index (χ0n) is 10.6. The van der Waals surface area contributed by atoms with Crippen LogP contribution in [0.4, 0.5) is 14.7 Å². The lowest BCUT2D eigenvalue weighted by Crippen LogP contribution is -1.92. The zero-order valence-corrected chi connectivity index (χ0v) is 12.2. The van der Waals surface area contributed by atoms with Gasteiger partial charge in [0.2, 0.25) is 5.88 Å². The summed E-state index contributed by atoms with van der Waals surface area (Å²) in [7, 11) is 0. The maximum atomic E-state index is 14.2. The summed E-state index contributed by atoms with van der Waals surface area (Å²) >= 11 is 3.11. The fourth-order valence-electron chi connectivity index (χ4n) is 2.10. The van der Waals surface area contributed by atoms with Crippen LogP contribution in [-0.4, -0.2) is 5.16 Å². The van der Waals surface area contributed by atoms with Crippen molar-refractivity contribution in [1.29, 1.82) is 0 Å². The van der Waals surface area contributed by atoms with Crippen LogP contribution < -0.4 is 5.73 Å². The van der Waals surface area contributed by atoms with Crippen molar-refractivity contribution in [3.63, 3.8) is 0 Å². The van der Waals surface area contributed by atoms with Crippen molar-refractivity contribution in [2.75, 3.05) is 5.73 Å². The summed E-state index contributed by atoms with van der Waals surface area (Å²) in [6, 6.07) is 10.8. The molecule has 2 N–H and O–H groups in total. The van der Waals surface area contributed by atoms with Gasteiger partial charge in [0.05, 0.1) is 10.0 Å². The summed E-state index contributed by atoms with van der Waals surface area (Å²) in [6.45, 7) is 0. The molecule has 0 atom stereocenters. The number of nitrogens with two attached hydrogens (primary N) is 1. The predicted octanol–water partition coefficient (Wildman–Crippen LogP) is 4.63. The maximum Gasteiger partial charge on any atom is 0.230 e. The van der Waals surface area contributed by atoms with Gasteiger partial charge in [0.1, 0.15) is 17.3 Å². The Kier molecular flexibility index (Phi) is 3.47. The molecule has 2 aromatic carbocycles. The highest BCUT2D eigenvalue weighted by Crippen LogP contribution is 2.39. The van der Waals surface area contributed by atoms with Gasteiger partial charge < -0.3 is 10.3 Å². The van der Waals surface area contributed by atoms with Gasteiger partial charge in [-0.15, -0.1) is 0 Å². The van der Waals surface area contributed by atoms with E-state index < -0.39 is 11.6 Å². The fourth-order valence-corrected chi connectivity index (χ4v) is 2.46. The molecule has 3 aromatic rings. The average Bonchev–Trinajstić information content (AvgIpc) is 2.84. The number of nitrogens with zero attached hydrogens (tertiary/aromatic N) is 1. The molecule has 1 heterocycles. The minimum absolute atomic E-state index is 0.0607. The minimum atomic E-state index is -0.511. The molecule has 0 unspecified atom stereocenters. The zero-order chi connectivity index (χ0) is 15.0. The van der Waals surface area contributed by atoms with Gasteiger partial charge in [0.25, 0.3) is 0 Å². The highest BCUT2D eigenvalue weighted by atomic mass is 79.9. The lowest BCUT2D eigenvalue weighted by molar-refractivity contribution is 0.439. The fraction of sp³-hybridized carbons (Fsp3) is 0. The highest BCUT2D eigenvalue weighted by molar-refractivity contribution is 9.10. The van der Waals surface area contributed by atoms with Gasteiger partial charge in [-0.2, -0.15) is 0 Å². The van der Waals surface area contributed by atoms with Crippen molar-refractivity contribution in [2.45, 2.75) is 0 Å². The number of rotatable bonds is 2. The third-order valence-electron chi connectivity index (χ3n) is 3.07. The summed E-state index contributed by atoms with van der Waals surface area (Å²) in [5.41, 5.74) is 6.54. The number of hydrogen-bond donors (Lipinski definition) is 1. The lowest BCUT2D eigenvalue weighted by atomic mass is 10.0. The lowest BCUT2D eigenvalue weighted by Gasteiger charge is -2.06. The highest BCUT2D eigenvalue weighted by Gasteiger charge is 2.22. The first kappa shape index (κ1) is 13.8. The van der Waals surface area contributed by atoms with Crippen LogP contribution in [0.5, 0.6) is 0 Å². The van der Waals surface area contributed by atoms with Gasteiger partial charge in [-0.3, -0.25) is 0 Å². The topological polar surface area (TPSA) is 52.0 Å². The van der Waals surface area contributed by atoms with E-state index in [9.17, 15) is 8.78 Å². The van der Waals surface area contributed by atoms with Crippen LogP contribution in [0.15, 0.2) is 51.5 Å². The largest absolute Gasteiger partial charge is 0.367 e. The van der Waals surface area contributed by atoms with Gasteiger partial charge in [0.15, 0.2) is 0 Å². The first-order chi connectivity index (χ1) is 10.1. The monoisotopic (exact) mass is 350 g/mol. The van der Waals surface area contributed by atoms with Crippen LogP contribution in [0.25, 0.3) is 22.4 Å². The number of benzene rings is 2. The summed E-state index contributed by atoms with van der Waals surface area (Å²) in [5.74, 6) is -1.05. The molecule has 0 amide bonds. The van der Waals surface area contributed by atoms with Crippen LogP contribution in [0, 0.1) is 11.6 Å². The van der Waals surface area contributed by atoms with Crippen molar-refractivity contribution in [2.24, 2.45) is 0 Å². The molecule has 0 spiro atoms. The molecule has 0 fully saturated rings. The standard InChI is InChI=1S/C15H9BrF2N2O/c16-10-6-3-5-9(13(10)18)14-12(15(19)21-20-14)8-4-1-2-7-11(8)17/h1-7H,19H2. The first-order valence-electron chi connectivity index (χ1n) is 6.04. The third-order valence-corrected chi connectivity index (χ3v) is 3.68. The number of anilines is 1. The molecule has 0 radical (unpaired) electrons. The summed E-state index contributed by atoms with van der Waals surface area (Å²) in [6.07, 6.45) is 0. The van der Waals surface area contributed by atoms with Crippen molar-refractivity contribution in [1.82, 2.24) is 5.16 Å². The van der Waals surface area contributed by atoms with E-state index in [4.69, 9.17) is 10.3 Å². The van der Waals surface area contributed by atoms with Crippen molar-refractivity contribution in [3.8, 4) is 22.4 Å².